The van der Waals surface area contributed by atoms with Gasteiger partial charge in [-0.05, 0) is 43.9 Å². The summed E-state index contributed by atoms with van der Waals surface area (Å²) in [5, 5.41) is 1.84. The van der Waals surface area contributed by atoms with Gasteiger partial charge in [0, 0.05) is 23.7 Å². The zero-order valence-electron chi connectivity index (χ0n) is 13.5. The maximum Gasteiger partial charge on any atom is 0.349 e. The number of carbonyl (C=O) groups is 1. The number of aromatic nitrogens is 2. The van der Waals surface area contributed by atoms with Crippen molar-refractivity contribution in [2.24, 2.45) is 5.92 Å². The quantitative estimate of drug-likeness (QED) is 0.714. The monoisotopic (exact) mass is 341 g/mol. The van der Waals surface area contributed by atoms with Crippen molar-refractivity contribution in [1.29, 1.82) is 0 Å². The summed E-state index contributed by atoms with van der Waals surface area (Å²) in [6.07, 6.45) is 6.23. The second-order valence-corrected chi connectivity index (χ2v) is 7.19. The van der Waals surface area contributed by atoms with E-state index in [1.165, 1.54) is 24.2 Å². The molecule has 1 fully saturated rings. The van der Waals surface area contributed by atoms with Crippen molar-refractivity contribution >= 4 is 33.9 Å². The number of thiazole rings is 1. The van der Waals surface area contributed by atoms with Gasteiger partial charge in [-0.1, -0.05) is 0 Å². The lowest BCUT2D eigenvalue weighted by Crippen LogP contribution is -2.01. The molecule has 2 aromatic heterocycles. The van der Waals surface area contributed by atoms with Gasteiger partial charge in [-0.2, -0.15) is 0 Å². The van der Waals surface area contributed by atoms with E-state index in [1.807, 2.05) is 12.3 Å². The van der Waals surface area contributed by atoms with E-state index in [0.717, 1.165) is 39.6 Å². The van der Waals surface area contributed by atoms with Crippen LogP contribution in [-0.4, -0.2) is 22.1 Å². The summed E-state index contributed by atoms with van der Waals surface area (Å²) in [5.74, 6) is 0.475. The molecule has 4 rings (SSSR count). The standard InChI is InChI=1S/C18H19N3O2S/c1-2-23-18(22)16-8-20-17(24-16)12-5-6-15-13(7-12)14(19)10-21(15)9-11-3-4-11/h5-8,10-11H,2-4,9,19H2,1H3. The first kappa shape index (κ1) is 15.2. The average Bonchev–Trinajstić information content (AvgIpc) is 3.15. The molecule has 24 heavy (non-hydrogen) atoms. The third kappa shape index (κ3) is 2.78. The summed E-state index contributed by atoms with van der Waals surface area (Å²) in [4.78, 5) is 16.7. The molecule has 2 heterocycles. The highest BCUT2D eigenvalue weighted by Crippen LogP contribution is 2.35. The number of benzene rings is 1. The molecule has 0 atom stereocenters. The Balaban J connectivity index is 1.67. The number of ether oxygens (including phenoxy) is 1. The van der Waals surface area contributed by atoms with Gasteiger partial charge in [-0.3, -0.25) is 0 Å². The summed E-state index contributed by atoms with van der Waals surface area (Å²) in [6, 6.07) is 6.19. The number of fused-ring (bicyclic) bond motifs is 1. The Morgan fingerprint density at radius 2 is 2.29 bits per heavy atom. The number of esters is 1. The average molecular weight is 341 g/mol. The Labute approximate surface area is 144 Å². The zero-order chi connectivity index (χ0) is 16.7. The fourth-order valence-electron chi connectivity index (χ4n) is 2.89. The molecule has 0 bridgehead atoms. The molecular weight excluding hydrogens is 322 g/mol. The second-order valence-electron chi connectivity index (χ2n) is 6.16. The van der Waals surface area contributed by atoms with Crippen LogP contribution in [0, 0.1) is 5.92 Å². The van der Waals surface area contributed by atoms with Crippen molar-refractivity contribution in [3.63, 3.8) is 0 Å². The lowest BCUT2D eigenvalue weighted by atomic mass is 10.1. The highest BCUT2D eigenvalue weighted by atomic mass is 32.1. The van der Waals surface area contributed by atoms with Gasteiger partial charge < -0.3 is 15.0 Å². The van der Waals surface area contributed by atoms with Crippen LogP contribution in [0.25, 0.3) is 21.5 Å². The molecule has 0 spiro atoms. The number of nitrogens with two attached hydrogens (primary N) is 1. The molecule has 5 nitrogen and oxygen atoms in total. The minimum atomic E-state index is -0.322. The third-order valence-electron chi connectivity index (χ3n) is 4.29. The van der Waals surface area contributed by atoms with Crippen LogP contribution in [0.15, 0.2) is 30.6 Å². The number of anilines is 1. The number of hydrogen-bond acceptors (Lipinski definition) is 5. The summed E-state index contributed by atoms with van der Waals surface area (Å²) in [7, 11) is 0. The van der Waals surface area contributed by atoms with Crippen LogP contribution in [0.5, 0.6) is 0 Å². The molecular formula is C18H19N3O2S. The second kappa shape index (κ2) is 5.94. The van der Waals surface area contributed by atoms with Crippen molar-refractivity contribution in [1.82, 2.24) is 9.55 Å². The van der Waals surface area contributed by atoms with Gasteiger partial charge in [0.25, 0.3) is 0 Å². The molecule has 1 saturated carbocycles. The SMILES string of the molecule is CCOC(=O)c1cnc(-c2ccc3c(c2)c(N)cn3CC2CC2)s1. The Bertz CT molecular complexity index is 908. The molecule has 3 aromatic rings. The van der Waals surface area contributed by atoms with E-state index in [2.05, 4.69) is 21.7 Å². The Morgan fingerprint density at radius 3 is 3.04 bits per heavy atom. The number of rotatable bonds is 5. The van der Waals surface area contributed by atoms with Crippen LogP contribution in [0.1, 0.15) is 29.4 Å². The molecule has 124 valence electrons. The lowest BCUT2D eigenvalue weighted by Gasteiger charge is -2.04. The number of nitrogen functional groups attached to an aromatic ring is 1. The van der Waals surface area contributed by atoms with E-state index in [0.29, 0.717) is 11.5 Å². The van der Waals surface area contributed by atoms with E-state index >= 15 is 0 Å². The fraction of sp³-hybridized carbons (Fsp3) is 0.333. The fourth-order valence-corrected chi connectivity index (χ4v) is 3.70. The first-order chi connectivity index (χ1) is 11.7. The van der Waals surface area contributed by atoms with Crippen LogP contribution < -0.4 is 5.73 Å². The first-order valence-electron chi connectivity index (χ1n) is 8.17. The van der Waals surface area contributed by atoms with Gasteiger partial charge in [0.1, 0.15) is 9.88 Å². The molecule has 0 aliphatic heterocycles. The van der Waals surface area contributed by atoms with Crippen LogP contribution in [0.4, 0.5) is 5.69 Å². The lowest BCUT2D eigenvalue weighted by molar-refractivity contribution is 0.0532. The normalized spacial score (nSPS) is 14.2. The van der Waals surface area contributed by atoms with E-state index in [1.54, 1.807) is 13.1 Å². The predicted molar refractivity (Wildman–Crippen MR) is 96.1 cm³/mol. The van der Waals surface area contributed by atoms with Crippen LogP contribution in [0.2, 0.25) is 0 Å². The Kier molecular flexibility index (Phi) is 3.76. The van der Waals surface area contributed by atoms with Gasteiger partial charge in [-0.25, -0.2) is 9.78 Å². The minimum Gasteiger partial charge on any atom is -0.462 e. The van der Waals surface area contributed by atoms with Crippen LogP contribution in [-0.2, 0) is 11.3 Å². The van der Waals surface area contributed by atoms with Crippen molar-refractivity contribution < 1.29 is 9.53 Å². The van der Waals surface area contributed by atoms with Gasteiger partial charge in [-0.15, -0.1) is 11.3 Å². The van der Waals surface area contributed by atoms with Crippen LogP contribution >= 0.6 is 11.3 Å². The summed E-state index contributed by atoms with van der Waals surface area (Å²) in [5.41, 5.74) is 9.12. The summed E-state index contributed by atoms with van der Waals surface area (Å²) >= 11 is 1.34. The zero-order valence-corrected chi connectivity index (χ0v) is 14.3. The molecule has 2 N–H and O–H groups in total. The maximum atomic E-state index is 11.8. The van der Waals surface area contributed by atoms with E-state index in [9.17, 15) is 4.79 Å². The Hall–Kier alpha value is -2.34. The van der Waals surface area contributed by atoms with Crippen molar-refractivity contribution in [3.8, 4) is 10.6 Å². The minimum absolute atomic E-state index is 0.322. The number of carbonyl (C=O) groups excluding carboxylic acids is 1. The largest absolute Gasteiger partial charge is 0.462 e. The van der Waals surface area contributed by atoms with Gasteiger partial charge in [0.15, 0.2) is 0 Å². The predicted octanol–water partition coefficient (Wildman–Crippen LogP) is 3.93. The topological polar surface area (TPSA) is 70.1 Å². The van der Waals surface area contributed by atoms with E-state index < -0.39 is 0 Å². The molecule has 0 radical (unpaired) electrons. The van der Waals surface area contributed by atoms with Gasteiger partial charge in [0.05, 0.1) is 24.0 Å². The van der Waals surface area contributed by atoms with Gasteiger partial charge in [0.2, 0.25) is 0 Å². The van der Waals surface area contributed by atoms with Crippen molar-refractivity contribution in [2.75, 3.05) is 12.3 Å². The smallest absolute Gasteiger partial charge is 0.349 e. The highest BCUT2D eigenvalue weighted by Gasteiger charge is 2.23. The molecule has 0 saturated heterocycles. The van der Waals surface area contributed by atoms with Crippen LogP contribution in [0.3, 0.4) is 0 Å². The molecule has 1 aliphatic carbocycles. The van der Waals surface area contributed by atoms with E-state index in [-0.39, 0.29) is 5.97 Å². The van der Waals surface area contributed by atoms with Crippen molar-refractivity contribution in [2.45, 2.75) is 26.3 Å². The number of nitrogens with zero attached hydrogens (tertiary/aromatic N) is 2. The molecule has 0 amide bonds. The summed E-state index contributed by atoms with van der Waals surface area (Å²) < 4.78 is 7.27. The molecule has 1 aromatic carbocycles. The highest BCUT2D eigenvalue weighted by molar-refractivity contribution is 7.16. The molecule has 1 aliphatic rings. The molecule has 0 unspecified atom stereocenters. The Morgan fingerprint density at radius 1 is 1.46 bits per heavy atom. The third-order valence-corrected chi connectivity index (χ3v) is 5.32. The van der Waals surface area contributed by atoms with Crippen molar-refractivity contribution in [3.05, 3.63) is 35.5 Å². The van der Waals surface area contributed by atoms with E-state index in [4.69, 9.17) is 10.5 Å². The molecule has 6 heteroatoms. The van der Waals surface area contributed by atoms with Gasteiger partial charge >= 0.3 is 5.97 Å². The number of hydrogen-bond donors (Lipinski definition) is 1. The summed E-state index contributed by atoms with van der Waals surface area (Å²) in [6.45, 7) is 3.20. The first-order valence-corrected chi connectivity index (χ1v) is 8.99. The maximum absolute atomic E-state index is 11.8.